The number of amides is 1. The van der Waals surface area contributed by atoms with Crippen molar-refractivity contribution >= 4 is 29.3 Å². The molecule has 0 aliphatic carbocycles. The van der Waals surface area contributed by atoms with Gasteiger partial charge in [-0.1, -0.05) is 60.1 Å². The molecule has 3 aromatic rings. The molecule has 1 N–H and O–H groups in total. The molecule has 162 valence electrons. The molecule has 1 saturated heterocycles. The van der Waals surface area contributed by atoms with Crippen molar-refractivity contribution in [3.8, 4) is 11.5 Å². The van der Waals surface area contributed by atoms with Crippen LogP contribution in [0.2, 0.25) is 5.02 Å². The zero-order valence-electron chi connectivity index (χ0n) is 17.2. The Labute approximate surface area is 191 Å². The second-order valence-corrected chi connectivity index (χ2v) is 8.94. The highest BCUT2D eigenvalue weighted by Crippen LogP contribution is 2.24. The van der Waals surface area contributed by atoms with Crippen molar-refractivity contribution in [3.63, 3.8) is 0 Å². The second kappa shape index (κ2) is 10.8. The summed E-state index contributed by atoms with van der Waals surface area (Å²) in [6, 6.07) is 18.0. The third-order valence-electron chi connectivity index (χ3n) is 5.34. The van der Waals surface area contributed by atoms with Gasteiger partial charge in [0.1, 0.15) is 0 Å². The molecule has 1 atom stereocenters. The molecule has 1 fully saturated rings. The van der Waals surface area contributed by atoms with Crippen LogP contribution in [0.3, 0.4) is 0 Å². The fourth-order valence-corrected chi connectivity index (χ4v) is 4.42. The van der Waals surface area contributed by atoms with E-state index in [1.807, 2.05) is 18.2 Å². The highest BCUT2D eigenvalue weighted by Gasteiger charge is 2.23. The summed E-state index contributed by atoms with van der Waals surface area (Å²) < 4.78 is 5.65. The lowest BCUT2D eigenvalue weighted by atomic mass is 10.0. The van der Waals surface area contributed by atoms with E-state index in [0.29, 0.717) is 28.7 Å². The number of hydrogen-bond donors (Lipinski definition) is 1. The maximum Gasteiger partial charge on any atom is 0.277 e. The Morgan fingerprint density at radius 1 is 1.13 bits per heavy atom. The summed E-state index contributed by atoms with van der Waals surface area (Å²) in [6.07, 6.45) is 3.52. The largest absolute Gasteiger partial charge is 0.411 e. The lowest BCUT2D eigenvalue weighted by molar-refractivity contribution is -0.118. The minimum Gasteiger partial charge on any atom is -0.411 e. The summed E-state index contributed by atoms with van der Waals surface area (Å²) in [5.41, 5.74) is 2.10. The quantitative estimate of drug-likeness (QED) is 0.497. The van der Waals surface area contributed by atoms with Crippen molar-refractivity contribution in [1.29, 1.82) is 0 Å². The summed E-state index contributed by atoms with van der Waals surface area (Å²) >= 11 is 7.15. The van der Waals surface area contributed by atoms with Gasteiger partial charge >= 0.3 is 0 Å². The van der Waals surface area contributed by atoms with E-state index < -0.39 is 0 Å². The molecule has 2 aromatic carbocycles. The number of rotatable bonds is 8. The van der Waals surface area contributed by atoms with Gasteiger partial charge in [0.2, 0.25) is 11.8 Å². The van der Waals surface area contributed by atoms with Crippen LogP contribution in [0.1, 0.15) is 24.8 Å². The van der Waals surface area contributed by atoms with E-state index in [-0.39, 0.29) is 11.7 Å². The fourth-order valence-electron chi connectivity index (χ4n) is 3.70. The molecule has 1 amide bonds. The summed E-state index contributed by atoms with van der Waals surface area (Å²) in [6.45, 7) is 2.65. The smallest absolute Gasteiger partial charge is 0.277 e. The molecule has 6 nitrogen and oxygen atoms in total. The van der Waals surface area contributed by atoms with Gasteiger partial charge in [0, 0.05) is 29.7 Å². The minimum atomic E-state index is -0.0264. The first kappa shape index (κ1) is 21.9. The second-order valence-electron chi connectivity index (χ2n) is 7.58. The molecule has 8 heteroatoms. The highest BCUT2D eigenvalue weighted by molar-refractivity contribution is 7.99. The molecule has 1 unspecified atom stereocenters. The van der Waals surface area contributed by atoms with Crippen LogP contribution in [-0.2, 0) is 11.3 Å². The van der Waals surface area contributed by atoms with Crippen LogP contribution in [0.5, 0.6) is 0 Å². The number of thioether (sulfide) groups is 1. The number of piperidine rings is 1. The number of halogens is 1. The number of carbonyl (C=O) groups is 1. The van der Waals surface area contributed by atoms with Crippen LogP contribution in [0.4, 0.5) is 0 Å². The van der Waals surface area contributed by atoms with E-state index in [0.717, 1.165) is 25.1 Å². The predicted molar refractivity (Wildman–Crippen MR) is 123 cm³/mol. The average Bonchev–Trinajstić information content (AvgIpc) is 3.27. The number of nitrogens with one attached hydrogen (secondary N) is 1. The summed E-state index contributed by atoms with van der Waals surface area (Å²) in [7, 11) is 0. The number of benzene rings is 2. The Kier molecular flexibility index (Phi) is 7.61. The average molecular weight is 457 g/mol. The van der Waals surface area contributed by atoms with Gasteiger partial charge in [-0.25, -0.2) is 0 Å². The number of hydrogen-bond acceptors (Lipinski definition) is 6. The lowest BCUT2D eigenvalue weighted by Crippen LogP contribution is -2.46. The molecule has 31 heavy (non-hydrogen) atoms. The maximum atomic E-state index is 12.4. The highest BCUT2D eigenvalue weighted by atomic mass is 35.5. The van der Waals surface area contributed by atoms with Crippen LogP contribution in [0.25, 0.3) is 11.5 Å². The van der Waals surface area contributed by atoms with Crippen molar-refractivity contribution in [1.82, 2.24) is 20.4 Å². The molecule has 2 heterocycles. The number of carbonyl (C=O) groups excluding carboxylic acids is 1. The van der Waals surface area contributed by atoms with Crippen LogP contribution >= 0.6 is 23.4 Å². The third kappa shape index (κ3) is 6.32. The topological polar surface area (TPSA) is 71.3 Å². The first-order valence-corrected chi connectivity index (χ1v) is 11.8. The minimum absolute atomic E-state index is 0.0264. The van der Waals surface area contributed by atoms with Crippen molar-refractivity contribution < 1.29 is 9.21 Å². The molecule has 1 aromatic heterocycles. The first-order valence-electron chi connectivity index (χ1n) is 10.4. The number of nitrogens with zero attached hydrogens (tertiary/aromatic N) is 3. The monoisotopic (exact) mass is 456 g/mol. The van der Waals surface area contributed by atoms with Gasteiger partial charge in [-0.3, -0.25) is 9.69 Å². The van der Waals surface area contributed by atoms with Gasteiger partial charge in [0.15, 0.2) is 0 Å². The molecule has 0 radical (unpaired) electrons. The maximum absolute atomic E-state index is 12.4. The lowest BCUT2D eigenvalue weighted by Gasteiger charge is -2.35. The number of likely N-dealkylation sites (tertiary alicyclic amines) is 1. The number of aromatic nitrogens is 2. The Bertz CT molecular complexity index is 981. The Balaban J connectivity index is 1.24. The van der Waals surface area contributed by atoms with Crippen LogP contribution in [0, 0.1) is 0 Å². The Morgan fingerprint density at radius 2 is 1.94 bits per heavy atom. The van der Waals surface area contributed by atoms with E-state index in [2.05, 4.69) is 44.7 Å². The molecular formula is C23H25ClN4O2S. The molecule has 1 aliphatic heterocycles. The Hall–Kier alpha value is -2.35. The van der Waals surface area contributed by atoms with Crippen molar-refractivity contribution in [3.05, 3.63) is 65.2 Å². The van der Waals surface area contributed by atoms with E-state index in [1.54, 1.807) is 12.1 Å². The van der Waals surface area contributed by atoms with Crippen molar-refractivity contribution in [2.45, 2.75) is 37.1 Å². The summed E-state index contributed by atoms with van der Waals surface area (Å²) in [5.74, 6) is 0.632. The van der Waals surface area contributed by atoms with Crippen LogP contribution in [-0.4, -0.2) is 45.9 Å². The molecule has 1 aliphatic rings. The zero-order valence-corrected chi connectivity index (χ0v) is 18.7. The van der Waals surface area contributed by atoms with Gasteiger partial charge in [-0.2, -0.15) is 0 Å². The standard InChI is InChI=1S/C23H25ClN4O2S/c24-19-11-9-18(10-12-19)22-26-27-23(30-22)31-16-21(29)25-14-20-8-4-5-13-28(20)15-17-6-2-1-3-7-17/h1-3,6-7,9-12,20H,4-5,8,13-16H2,(H,25,29). The molecule has 0 saturated carbocycles. The molecule has 4 rings (SSSR count). The van der Waals surface area contributed by atoms with Gasteiger partial charge in [0.05, 0.1) is 5.75 Å². The van der Waals surface area contributed by atoms with Gasteiger partial charge in [0.25, 0.3) is 5.22 Å². The normalized spacial score (nSPS) is 16.9. The fraction of sp³-hybridized carbons (Fsp3) is 0.348. The summed E-state index contributed by atoms with van der Waals surface area (Å²) in [5, 5.41) is 12.2. The molecule has 0 bridgehead atoms. The van der Waals surface area contributed by atoms with E-state index in [4.69, 9.17) is 16.0 Å². The molecule has 0 spiro atoms. The van der Waals surface area contributed by atoms with E-state index in [9.17, 15) is 4.79 Å². The van der Waals surface area contributed by atoms with Gasteiger partial charge in [-0.15, -0.1) is 10.2 Å². The van der Waals surface area contributed by atoms with Crippen LogP contribution in [0.15, 0.2) is 64.2 Å². The summed E-state index contributed by atoms with van der Waals surface area (Å²) in [4.78, 5) is 14.9. The Morgan fingerprint density at radius 3 is 2.74 bits per heavy atom. The molecular weight excluding hydrogens is 432 g/mol. The first-order chi connectivity index (χ1) is 15.2. The van der Waals surface area contributed by atoms with E-state index >= 15 is 0 Å². The predicted octanol–water partition coefficient (Wildman–Crippen LogP) is 4.65. The van der Waals surface area contributed by atoms with Crippen molar-refractivity contribution in [2.24, 2.45) is 0 Å². The van der Waals surface area contributed by atoms with E-state index in [1.165, 1.54) is 30.2 Å². The van der Waals surface area contributed by atoms with Gasteiger partial charge in [-0.05, 0) is 49.2 Å². The SMILES string of the molecule is O=C(CSc1nnc(-c2ccc(Cl)cc2)o1)NCC1CCCCN1Cc1ccccc1. The van der Waals surface area contributed by atoms with Crippen molar-refractivity contribution in [2.75, 3.05) is 18.8 Å². The third-order valence-corrected chi connectivity index (χ3v) is 6.41. The zero-order chi connectivity index (χ0) is 21.5. The van der Waals surface area contributed by atoms with Crippen LogP contribution < -0.4 is 5.32 Å². The van der Waals surface area contributed by atoms with Gasteiger partial charge < -0.3 is 9.73 Å².